The molecule has 5 atom stereocenters. The number of carbonyl (C=O) groups excluding carboxylic acids is 6. The van der Waals surface area contributed by atoms with E-state index in [9.17, 15) is 28.8 Å². The van der Waals surface area contributed by atoms with Crippen molar-refractivity contribution in [1.82, 2.24) is 15.5 Å². The molecule has 1 aliphatic heterocycles. The van der Waals surface area contributed by atoms with E-state index in [0.717, 1.165) is 19.3 Å². The van der Waals surface area contributed by atoms with Crippen LogP contribution in [0.25, 0.3) is 0 Å². The maximum absolute atomic E-state index is 13.9. The summed E-state index contributed by atoms with van der Waals surface area (Å²) in [6.07, 6.45) is 2.23. The molecule has 2 saturated carbocycles. The summed E-state index contributed by atoms with van der Waals surface area (Å²) in [7, 11) is 0. The molecule has 4 amide bonds. The predicted molar refractivity (Wildman–Crippen MR) is 145 cm³/mol. The number of nitrogens with zero attached hydrogens (tertiary/aromatic N) is 1. The summed E-state index contributed by atoms with van der Waals surface area (Å²) in [6.45, 7) is 10.9. The van der Waals surface area contributed by atoms with Gasteiger partial charge >= 0.3 is 6.09 Å². The number of piperidine rings is 1. The molecule has 1 saturated heterocycles. The summed E-state index contributed by atoms with van der Waals surface area (Å²) in [4.78, 5) is 78.0. The van der Waals surface area contributed by atoms with E-state index in [1.807, 2.05) is 13.8 Å². The van der Waals surface area contributed by atoms with Crippen molar-refractivity contribution in [2.24, 2.45) is 28.9 Å². The number of nitrogens with one attached hydrogen (secondary N) is 2. The Bertz CT molecular complexity index is 1130. The van der Waals surface area contributed by atoms with Crippen molar-refractivity contribution in [3.05, 3.63) is 0 Å². The first-order chi connectivity index (χ1) is 18.6. The summed E-state index contributed by atoms with van der Waals surface area (Å²) in [5.41, 5.74) is 4.25. The fourth-order valence-electron chi connectivity index (χ4n) is 5.92. The molecule has 1 heterocycles. The van der Waals surface area contributed by atoms with Gasteiger partial charge in [0.25, 0.3) is 5.91 Å². The monoisotopic (exact) mass is 558 g/mol. The lowest BCUT2D eigenvalue weighted by Crippen LogP contribution is -2.58. The van der Waals surface area contributed by atoms with Gasteiger partial charge in [0.2, 0.25) is 23.4 Å². The number of hydrogen-bond donors (Lipinski definition) is 3. The Labute approximate surface area is 235 Å². The quantitative estimate of drug-likeness (QED) is 0.196. The lowest BCUT2D eigenvalue weighted by atomic mass is 9.80. The molecular weight excluding hydrogens is 516 g/mol. The van der Waals surface area contributed by atoms with Crippen LogP contribution in [-0.4, -0.2) is 70.6 Å². The molecule has 3 rings (SSSR count). The molecule has 2 aliphatic carbocycles. The van der Waals surface area contributed by atoms with E-state index in [0.29, 0.717) is 6.42 Å². The number of nitrogens with two attached hydrogens (primary N) is 1. The highest BCUT2D eigenvalue weighted by Gasteiger charge is 2.69. The van der Waals surface area contributed by atoms with Crippen molar-refractivity contribution in [2.45, 2.75) is 104 Å². The predicted octanol–water partition coefficient (Wildman–Crippen LogP) is 1.46. The number of carbonyl (C=O) groups is 6. The van der Waals surface area contributed by atoms with E-state index in [1.54, 1.807) is 20.8 Å². The summed E-state index contributed by atoms with van der Waals surface area (Å²) >= 11 is 0. The van der Waals surface area contributed by atoms with E-state index < -0.39 is 53.3 Å². The molecule has 220 valence electrons. The molecule has 0 bridgehead atoms. The van der Waals surface area contributed by atoms with Crippen molar-refractivity contribution < 1.29 is 33.5 Å². The number of amides is 4. The fraction of sp³-hybridized carbons (Fsp3) is 0.724. The van der Waals surface area contributed by atoms with Crippen LogP contribution < -0.4 is 16.4 Å². The van der Waals surface area contributed by atoms with Crippen molar-refractivity contribution in [3.8, 4) is 11.8 Å². The van der Waals surface area contributed by atoms with Gasteiger partial charge < -0.3 is 26.0 Å². The third-order valence-corrected chi connectivity index (χ3v) is 8.34. The number of hydrogen-bond acceptors (Lipinski definition) is 7. The zero-order valence-corrected chi connectivity index (χ0v) is 24.3. The SMILES string of the molecule is CC#CC(=O)CC[C@H](NC(=O)OC(C)(C)C)C(=O)N1C[C@H]2[C@@H]([C@H]1C(=O)NC(CC1CCC1)C(=O)C(N)=O)C2(C)C. The second-order valence-electron chi connectivity index (χ2n) is 12.7. The largest absolute Gasteiger partial charge is 0.444 e. The lowest BCUT2D eigenvalue weighted by Gasteiger charge is -2.34. The fourth-order valence-corrected chi connectivity index (χ4v) is 5.92. The van der Waals surface area contributed by atoms with Gasteiger partial charge in [0, 0.05) is 13.0 Å². The van der Waals surface area contributed by atoms with Crippen LogP contribution in [0.15, 0.2) is 0 Å². The maximum Gasteiger partial charge on any atom is 0.408 e. The van der Waals surface area contributed by atoms with E-state index >= 15 is 0 Å². The minimum atomic E-state index is -1.13. The van der Waals surface area contributed by atoms with Crippen molar-refractivity contribution in [3.63, 3.8) is 0 Å². The van der Waals surface area contributed by atoms with E-state index in [2.05, 4.69) is 22.5 Å². The number of Topliss-reactive ketones (excluding diaryl/α,β-unsaturated/α-hetero) is 2. The topological polar surface area (TPSA) is 165 Å². The van der Waals surface area contributed by atoms with Gasteiger partial charge in [-0.25, -0.2) is 4.79 Å². The Morgan fingerprint density at radius 2 is 1.73 bits per heavy atom. The minimum Gasteiger partial charge on any atom is -0.444 e. The van der Waals surface area contributed by atoms with E-state index in [-0.39, 0.29) is 48.3 Å². The Morgan fingerprint density at radius 3 is 2.25 bits per heavy atom. The van der Waals surface area contributed by atoms with Crippen LogP contribution in [0.3, 0.4) is 0 Å². The highest BCUT2D eigenvalue weighted by atomic mass is 16.6. The third kappa shape index (κ3) is 7.20. The second-order valence-corrected chi connectivity index (χ2v) is 12.7. The standard InChI is InChI=1S/C29H42N4O7/c1-7-9-17(34)12-13-19(32-27(39)40-28(2,3)4)26(38)33-15-18-21(29(18,5)6)22(33)25(37)31-20(23(35)24(30)36)14-16-10-8-11-16/h16,18-22H,8,10-15H2,1-6H3,(H2,30,36)(H,31,37)(H,32,39)/t18-,19-,20?,21-,22-/m0/s1. The number of fused-ring (bicyclic) bond motifs is 1. The average Bonchev–Trinajstić information content (AvgIpc) is 3.14. The zero-order valence-electron chi connectivity index (χ0n) is 24.3. The van der Waals surface area contributed by atoms with Gasteiger partial charge in [0.15, 0.2) is 0 Å². The Morgan fingerprint density at radius 1 is 1.07 bits per heavy atom. The molecule has 3 aliphatic rings. The highest BCUT2D eigenvalue weighted by Crippen LogP contribution is 2.65. The normalized spacial score (nSPS) is 24.2. The molecule has 40 heavy (non-hydrogen) atoms. The van der Waals surface area contributed by atoms with Crippen LogP contribution in [-0.2, 0) is 28.7 Å². The number of alkyl carbamates (subject to hydrolysis) is 1. The number of ether oxygens (including phenoxy) is 1. The molecule has 1 unspecified atom stereocenters. The number of likely N-dealkylation sites (tertiary alicyclic amines) is 1. The molecule has 0 aromatic rings. The molecule has 0 spiro atoms. The Balaban J connectivity index is 1.83. The first-order valence-corrected chi connectivity index (χ1v) is 14.0. The summed E-state index contributed by atoms with van der Waals surface area (Å²) in [6, 6.07) is -3.10. The van der Waals surface area contributed by atoms with Gasteiger partial charge in [-0.3, -0.25) is 24.0 Å². The second kappa shape index (κ2) is 12.0. The van der Waals surface area contributed by atoms with Crippen LogP contribution >= 0.6 is 0 Å². The highest BCUT2D eigenvalue weighted by molar-refractivity contribution is 6.37. The molecule has 4 N–H and O–H groups in total. The molecule has 0 aromatic carbocycles. The molecule has 11 heteroatoms. The Kier molecular flexibility index (Phi) is 9.32. The summed E-state index contributed by atoms with van der Waals surface area (Å²) in [5.74, 6) is 1.63. The molecular formula is C29H42N4O7. The van der Waals surface area contributed by atoms with Crippen molar-refractivity contribution >= 4 is 35.4 Å². The molecule has 3 fully saturated rings. The maximum atomic E-state index is 13.9. The smallest absolute Gasteiger partial charge is 0.408 e. The van der Waals surface area contributed by atoms with Crippen LogP contribution in [0.5, 0.6) is 0 Å². The number of primary amides is 1. The number of ketones is 2. The van der Waals surface area contributed by atoms with Crippen LogP contribution in [0, 0.1) is 35.0 Å². The number of rotatable bonds is 11. The van der Waals surface area contributed by atoms with Gasteiger partial charge in [-0.15, -0.1) is 0 Å². The average molecular weight is 559 g/mol. The molecule has 0 aromatic heterocycles. The molecule has 0 radical (unpaired) electrons. The third-order valence-electron chi connectivity index (χ3n) is 8.34. The van der Waals surface area contributed by atoms with E-state index in [1.165, 1.54) is 11.8 Å². The first-order valence-electron chi connectivity index (χ1n) is 14.0. The van der Waals surface area contributed by atoms with Crippen molar-refractivity contribution in [2.75, 3.05) is 6.54 Å². The lowest BCUT2D eigenvalue weighted by molar-refractivity contribution is -0.144. The van der Waals surface area contributed by atoms with Crippen LogP contribution in [0.1, 0.15) is 80.1 Å². The molecule has 11 nitrogen and oxygen atoms in total. The van der Waals surface area contributed by atoms with Gasteiger partial charge in [0.05, 0.1) is 6.04 Å². The van der Waals surface area contributed by atoms with E-state index in [4.69, 9.17) is 10.5 Å². The minimum absolute atomic E-state index is 0.0282. The summed E-state index contributed by atoms with van der Waals surface area (Å²) < 4.78 is 5.33. The van der Waals surface area contributed by atoms with Gasteiger partial charge in [0.1, 0.15) is 17.7 Å². The van der Waals surface area contributed by atoms with Gasteiger partial charge in [-0.2, -0.15) is 0 Å². The zero-order chi connectivity index (χ0) is 30.0. The van der Waals surface area contributed by atoms with Crippen molar-refractivity contribution in [1.29, 1.82) is 0 Å². The van der Waals surface area contributed by atoms with Gasteiger partial charge in [-0.05, 0) is 69.6 Å². The van der Waals surface area contributed by atoms with Crippen LogP contribution in [0.4, 0.5) is 4.79 Å². The Hall–Kier alpha value is -3.42. The van der Waals surface area contributed by atoms with Crippen LogP contribution in [0.2, 0.25) is 0 Å². The van der Waals surface area contributed by atoms with Gasteiger partial charge in [-0.1, -0.05) is 39.0 Å². The first kappa shape index (κ1) is 31.1. The summed E-state index contributed by atoms with van der Waals surface area (Å²) in [5, 5.41) is 5.30.